The number of amides is 1. The highest BCUT2D eigenvalue weighted by Crippen LogP contribution is 2.27. The molecule has 0 radical (unpaired) electrons. The molecule has 0 saturated heterocycles. The lowest BCUT2D eigenvalue weighted by Crippen LogP contribution is -2.49. The number of hydrogen-bond acceptors (Lipinski definition) is 6. The topological polar surface area (TPSA) is 86.1 Å². The monoisotopic (exact) mass is 469 g/mol. The van der Waals surface area contributed by atoms with Crippen LogP contribution in [0.25, 0.3) is 0 Å². The van der Waals surface area contributed by atoms with E-state index in [9.17, 15) is 19.4 Å². The maximum Gasteiger partial charge on any atom is 0.259 e. The molecule has 2 heterocycles. The number of likely N-dealkylation sites (N-methyl/N-ethyl adjacent to an activating group) is 1. The molecule has 34 heavy (non-hydrogen) atoms. The van der Waals surface area contributed by atoms with Crippen molar-refractivity contribution in [3.8, 4) is 17.7 Å². The van der Waals surface area contributed by atoms with Crippen LogP contribution < -0.4 is 4.74 Å². The molecule has 8 heteroatoms. The van der Waals surface area contributed by atoms with Crippen LogP contribution in [0.15, 0.2) is 36.5 Å². The lowest BCUT2D eigenvalue weighted by Gasteiger charge is -2.37. The van der Waals surface area contributed by atoms with Gasteiger partial charge in [-0.1, -0.05) is 30.9 Å². The van der Waals surface area contributed by atoms with Crippen LogP contribution in [0, 0.1) is 23.6 Å². The number of halogens is 1. The van der Waals surface area contributed by atoms with Gasteiger partial charge in [-0.05, 0) is 44.7 Å². The van der Waals surface area contributed by atoms with E-state index >= 15 is 0 Å². The lowest BCUT2D eigenvalue weighted by atomic mass is 9.99. The minimum atomic E-state index is -0.807. The van der Waals surface area contributed by atoms with E-state index in [0.717, 1.165) is 5.56 Å². The third-order valence-corrected chi connectivity index (χ3v) is 5.78. The number of aliphatic hydroxyl groups excluding tert-OH is 2. The normalized spacial score (nSPS) is 19.9. The number of nitrogens with zero attached hydrogens (tertiary/aromatic N) is 3. The predicted octanol–water partition coefficient (Wildman–Crippen LogP) is 2.31. The molecule has 1 aromatic carbocycles. The fraction of sp³-hybridized carbons (Fsp3) is 0.462. The molecule has 3 rings (SSSR count). The van der Waals surface area contributed by atoms with Crippen LogP contribution in [-0.2, 0) is 6.54 Å². The van der Waals surface area contributed by atoms with E-state index in [1.54, 1.807) is 30.9 Å². The third kappa shape index (κ3) is 6.54. The number of rotatable bonds is 6. The van der Waals surface area contributed by atoms with Gasteiger partial charge in [-0.25, -0.2) is 9.37 Å². The minimum absolute atomic E-state index is 0.0578. The summed E-state index contributed by atoms with van der Waals surface area (Å²) < 4.78 is 19.8. The molecule has 1 aliphatic heterocycles. The summed E-state index contributed by atoms with van der Waals surface area (Å²) in [6.07, 6.45) is 0.403. The molecule has 0 fully saturated rings. The first kappa shape index (κ1) is 25.6. The molecule has 0 saturated carbocycles. The molecule has 0 bridgehead atoms. The van der Waals surface area contributed by atoms with Crippen molar-refractivity contribution in [3.05, 3.63) is 59.0 Å². The van der Waals surface area contributed by atoms with E-state index in [2.05, 4.69) is 16.8 Å². The van der Waals surface area contributed by atoms with Crippen molar-refractivity contribution >= 4 is 5.91 Å². The molecule has 182 valence electrons. The highest BCUT2D eigenvalue weighted by molar-refractivity contribution is 5.97. The van der Waals surface area contributed by atoms with Gasteiger partial charge in [-0.3, -0.25) is 9.69 Å². The first-order valence-electron chi connectivity index (χ1n) is 11.4. The smallest absolute Gasteiger partial charge is 0.259 e. The third-order valence-electron chi connectivity index (χ3n) is 5.78. The van der Waals surface area contributed by atoms with E-state index in [4.69, 9.17) is 4.74 Å². The van der Waals surface area contributed by atoms with Crippen molar-refractivity contribution in [2.45, 2.75) is 45.6 Å². The Labute approximate surface area is 200 Å². The average Bonchev–Trinajstić information content (AvgIpc) is 2.79. The van der Waals surface area contributed by atoms with Crippen LogP contribution in [0.3, 0.4) is 0 Å². The fourth-order valence-corrected chi connectivity index (χ4v) is 3.90. The van der Waals surface area contributed by atoms with Gasteiger partial charge in [0.15, 0.2) is 0 Å². The fourth-order valence-electron chi connectivity index (χ4n) is 3.90. The largest absolute Gasteiger partial charge is 0.472 e. The summed E-state index contributed by atoms with van der Waals surface area (Å²) >= 11 is 0. The predicted molar refractivity (Wildman–Crippen MR) is 127 cm³/mol. The van der Waals surface area contributed by atoms with Crippen molar-refractivity contribution in [1.29, 1.82) is 0 Å². The number of aromatic nitrogens is 1. The Bertz CT molecular complexity index is 1070. The molecular formula is C26H32FN3O4. The van der Waals surface area contributed by atoms with Gasteiger partial charge < -0.3 is 19.8 Å². The summed E-state index contributed by atoms with van der Waals surface area (Å²) in [6.45, 7) is 6.63. The Balaban J connectivity index is 1.90. The number of pyridine rings is 1. The minimum Gasteiger partial charge on any atom is -0.472 e. The van der Waals surface area contributed by atoms with Crippen molar-refractivity contribution in [2.75, 3.05) is 26.7 Å². The molecule has 2 N–H and O–H groups in total. The van der Waals surface area contributed by atoms with Crippen molar-refractivity contribution in [2.24, 2.45) is 5.92 Å². The van der Waals surface area contributed by atoms with E-state index in [1.807, 2.05) is 24.9 Å². The number of carbonyl (C=O) groups is 1. The van der Waals surface area contributed by atoms with Gasteiger partial charge in [0.25, 0.3) is 5.91 Å². The summed E-state index contributed by atoms with van der Waals surface area (Å²) in [5.74, 6) is 5.05. The van der Waals surface area contributed by atoms with Gasteiger partial charge in [0.05, 0.1) is 12.6 Å². The van der Waals surface area contributed by atoms with Crippen molar-refractivity contribution in [3.63, 3.8) is 0 Å². The van der Waals surface area contributed by atoms with Crippen LogP contribution >= 0.6 is 0 Å². The Morgan fingerprint density at radius 2 is 2.12 bits per heavy atom. The quantitative estimate of drug-likeness (QED) is 0.632. The second-order valence-corrected chi connectivity index (χ2v) is 8.97. The van der Waals surface area contributed by atoms with Gasteiger partial charge in [0.1, 0.15) is 23.6 Å². The number of carbonyl (C=O) groups excluding carboxylic acids is 1. The summed E-state index contributed by atoms with van der Waals surface area (Å²) in [7, 11) is 1.93. The van der Waals surface area contributed by atoms with Gasteiger partial charge in [0, 0.05) is 37.3 Å². The molecule has 0 unspecified atom stereocenters. The number of hydrogen-bond donors (Lipinski definition) is 2. The van der Waals surface area contributed by atoms with Gasteiger partial charge in [-0.2, -0.15) is 0 Å². The van der Waals surface area contributed by atoms with E-state index < -0.39 is 12.1 Å². The summed E-state index contributed by atoms with van der Waals surface area (Å²) in [4.78, 5) is 21.4. The first-order chi connectivity index (χ1) is 16.2. The number of aliphatic hydroxyl groups is 2. The zero-order chi connectivity index (χ0) is 24.8. The first-order valence-corrected chi connectivity index (χ1v) is 11.4. The van der Waals surface area contributed by atoms with Crippen LogP contribution in [0.2, 0.25) is 0 Å². The number of benzene rings is 1. The Morgan fingerprint density at radius 1 is 1.35 bits per heavy atom. The summed E-state index contributed by atoms with van der Waals surface area (Å²) in [5.41, 5.74) is 1.61. The van der Waals surface area contributed by atoms with Crippen molar-refractivity contribution in [1.82, 2.24) is 14.8 Å². The SMILES string of the molecule is C[C@H](CO)N1C[C@H](C)[C@@H](CN(C)Cc2cccc(F)c2)Oc2ncc(C#C[C@@H](C)O)cc2C1=O. The standard InChI is InChI=1S/C26H32FN3O4/c1-17-13-30(18(2)16-31)26(33)23-11-20(9-8-19(3)32)12-28-25(23)34-24(17)15-29(4)14-21-6-5-7-22(27)10-21/h5-7,10-12,17-19,24,31-32H,13-16H2,1-4H3/t17-,18+,19+,24+/m0/s1. The molecule has 1 aromatic heterocycles. The second-order valence-electron chi connectivity index (χ2n) is 8.97. The van der Waals surface area contributed by atoms with Gasteiger partial charge >= 0.3 is 0 Å². The molecule has 1 amide bonds. The van der Waals surface area contributed by atoms with Gasteiger partial charge in [0.2, 0.25) is 5.88 Å². The maximum atomic E-state index is 13.6. The Morgan fingerprint density at radius 3 is 2.79 bits per heavy atom. The molecule has 1 aliphatic rings. The Kier molecular flexibility index (Phi) is 8.61. The van der Waals surface area contributed by atoms with Crippen LogP contribution in [-0.4, -0.2) is 75.9 Å². The van der Waals surface area contributed by atoms with E-state index in [1.165, 1.54) is 18.3 Å². The molecule has 0 spiro atoms. The highest BCUT2D eigenvalue weighted by atomic mass is 19.1. The summed E-state index contributed by atoms with van der Waals surface area (Å²) in [6, 6.07) is 7.71. The van der Waals surface area contributed by atoms with E-state index in [0.29, 0.717) is 25.2 Å². The van der Waals surface area contributed by atoms with Crippen molar-refractivity contribution < 1.29 is 24.1 Å². The van der Waals surface area contributed by atoms with Crippen LogP contribution in [0.4, 0.5) is 4.39 Å². The van der Waals surface area contributed by atoms with Crippen LogP contribution in [0.1, 0.15) is 42.3 Å². The van der Waals surface area contributed by atoms with Gasteiger partial charge in [-0.15, -0.1) is 0 Å². The maximum absolute atomic E-state index is 13.6. The number of ether oxygens (including phenoxy) is 1. The highest BCUT2D eigenvalue weighted by Gasteiger charge is 2.34. The van der Waals surface area contributed by atoms with Crippen LogP contribution in [0.5, 0.6) is 5.88 Å². The second kappa shape index (κ2) is 11.4. The summed E-state index contributed by atoms with van der Waals surface area (Å²) in [5, 5.41) is 19.2. The Hall–Kier alpha value is -2.99. The molecule has 2 aromatic rings. The molecule has 0 aliphatic carbocycles. The molecular weight excluding hydrogens is 437 g/mol. The number of fused-ring (bicyclic) bond motifs is 1. The zero-order valence-corrected chi connectivity index (χ0v) is 20.0. The van der Waals surface area contributed by atoms with E-state index in [-0.39, 0.29) is 41.8 Å². The zero-order valence-electron chi connectivity index (χ0n) is 20.0. The molecule has 7 nitrogen and oxygen atoms in total. The lowest BCUT2D eigenvalue weighted by molar-refractivity contribution is 0.0325. The average molecular weight is 470 g/mol. The molecule has 4 atom stereocenters.